The Morgan fingerprint density at radius 1 is 1.29 bits per heavy atom. The summed E-state index contributed by atoms with van der Waals surface area (Å²) >= 11 is 15.3. The maximum Gasteiger partial charge on any atom is 0.262 e. The van der Waals surface area contributed by atoms with Gasteiger partial charge in [0, 0.05) is 29.4 Å². The highest BCUT2D eigenvalue weighted by Crippen LogP contribution is 2.37. The van der Waals surface area contributed by atoms with Crippen molar-refractivity contribution >= 4 is 56.3 Å². The van der Waals surface area contributed by atoms with Crippen LogP contribution in [-0.2, 0) is 9.53 Å². The average molecular weight is 528 g/mol. The molecule has 0 aromatic heterocycles. The molecule has 2 aromatic rings. The fourth-order valence-electron chi connectivity index (χ4n) is 3.11. The number of morpholine rings is 1. The van der Waals surface area contributed by atoms with Crippen LogP contribution in [0.4, 0.5) is 5.69 Å². The second-order valence-electron chi connectivity index (χ2n) is 6.87. The Balaban J connectivity index is 1.73. The van der Waals surface area contributed by atoms with E-state index in [4.69, 9.17) is 38.0 Å². The second kappa shape index (κ2) is 11.1. The molecule has 166 valence electrons. The first-order chi connectivity index (χ1) is 14.9. The van der Waals surface area contributed by atoms with Crippen LogP contribution in [0, 0.1) is 6.92 Å². The van der Waals surface area contributed by atoms with Gasteiger partial charge in [0.15, 0.2) is 18.1 Å². The summed E-state index contributed by atoms with van der Waals surface area (Å²) in [5, 5.41) is 3.41. The minimum Gasteiger partial charge on any atom is -0.490 e. The number of rotatable bonds is 7. The van der Waals surface area contributed by atoms with Crippen LogP contribution < -0.4 is 14.8 Å². The molecule has 1 aliphatic rings. The van der Waals surface area contributed by atoms with E-state index < -0.39 is 0 Å². The molecule has 1 aliphatic heterocycles. The lowest BCUT2D eigenvalue weighted by Crippen LogP contribution is -2.40. The van der Waals surface area contributed by atoms with Crippen LogP contribution in [0.2, 0.25) is 5.02 Å². The second-order valence-corrected chi connectivity index (χ2v) is 8.52. The van der Waals surface area contributed by atoms with E-state index in [1.165, 1.54) is 0 Å². The molecule has 6 nitrogen and oxygen atoms in total. The highest BCUT2D eigenvalue weighted by atomic mass is 79.9. The van der Waals surface area contributed by atoms with Crippen molar-refractivity contribution in [3.8, 4) is 11.5 Å². The van der Waals surface area contributed by atoms with Gasteiger partial charge >= 0.3 is 0 Å². The highest BCUT2D eigenvalue weighted by Gasteiger charge is 2.20. The van der Waals surface area contributed by atoms with E-state index in [1.807, 2.05) is 26.0 Å². The van der Waals surface area contributed by atoms with Crippen LogP contribution in [0.5, 0.6) is 11.5 Å². The van der Waals surface area contributed by atoms with Gasteiger partial charge in [0.05, 0.1) is 24.3 Å². The third-order valence-electron chi connectivity index (χ3n) is 4.74. The van der Waals surface area contributed by atoms with Gasteiger partial charge in [0.1, 0.15) is 4.99 Å². The molecule has 1 fully saturated rings. The van der Waals surface area contributed by atoms with Gasteiger partial charge in [-0.2, -0.15) is 0 Å². The predicted molar refractivity (Wildman–Crippen MR) is 130 cm³/mol. The van der Waals surface area contributed by atoms with Gasteiger partial charge in [-0.15, -0.1) is 0 Å². The Kier molecular flexibility index (Phi) is 8.54. The number of nitrogens with one attached hydrogen (secondary N) is 1. The van der Waals surface area contributed by atoms with Gasteiger partial charge in [-0.3, -0.25) is 4.79 Å². The zero-order valence-corrected chi connectivity index (χ0v) is 20.5. The van der Waals surface area contributed by atoms with E-state index in [0.717, 1.165) is 29.2 Å². The van der Waals surface area contributed by atoms with Crippen LogP contribution in [0.3, 0.4) is 0 Å². The van der Waals surface area contributed by atoms with Crippen LogP contribution in [-0.4, -0.2) is 55.3 Å². The molecule has 0 bridgehead atoms. The molecule has 2 aromatic carbocycles. The maximum atomic E-state index is 12.4. The molecule has 9 heteroatoms. The Hall–Kier alpha value is -1.87. The van der Waals surface area contributed by atoms with E-state index in [9.17, 15) is 4.79 Å². The normalized spacial score (nSPS) is 13.6. The zero-order chi connectivity index (χ0) is 22.4. The van der Waals surface area contributed by atoms with Crippen molar-refractivity contribution in [3.63, 3.8) is 0 Å². The first kappa shape index (κ1) is 23.8. The number of thiocarbonyl (C=S) groups is 1. The van der Waals surface area contributed by atoms with E-state index in [2.05, 4.69) is 26.1 Å². The molecule has 1 N–H and O–H groups in total. The Morgan fingerprint density at radius 3 is 2.74 bits per heavy atom. The summed E-state index contributed by atoms with van der Waals surface area (Å²) in [6.45, 7) is 6.81. The van der Waals surface area contributed by atoms with Gasteiger partial charge in [-0.1, -0.05) is 29.9 Å². The van der Waals surface area contributed by atoms with Crippen molar-refractivity contribution in [2.24, 2.45) is 0 Å². The maximum absolute atomic E-state index is 12.4. The molecule has 1 heterocycles. The van der Waals surface area contributed by atoms with Crippen molar-refractivity contribution in [1.29, 1.82) is 0 Å². The number of anilines is 1. The summed E-state index contributed by atoms with van der Waals surface area (Å²) in [5.74, 6) is 0.676. The van der Waals surface area contributed by atoms with Crippen molar-refractivity contribution in [2.75, 3.05) is 44.8 Å². The number of nitrogens with zero attached hydrogens (tertiary/aromatic N) is 1. The standard InChI is InChI=1S/C22H24BrClN2O4S/c1-3-29-19-12-15(22(31)26-7-9-28-10-8-26)11-16(23)21(19)30-13-20(27)25-18-6-4-5-17(24)14(18)2/h4-6,11-12H,3,7-10,13H2,1-2H3,(H,25,27). The zero-order valence-electron chi connectivity index (χ0n) is 17.4. The fraction of sp³-hybridized carbons (Fsp3) is 0.364. The van der Waals surface area contributed by atoms with Crippen LogP contribution in [0.1, 0.15) is 18.1 Å². The molecule has 0 saturated carbocycles. The lowest BCUT2D eigenvalue weighted by atomic mass is 10.1. The molecule has 3 rings (SSSR count). The number of carbonyl (C=O) groups excluding carboxylic acids is 1. The van der Waals surface area contributed by atoms with Gasteiger partial charge in [0.25, 0.3) is 5.91 Å². The molecule has 31 heavy (non-hydrogen) atoms. The molecular weight excluding hydrogens is 504 g/mol. The first-order valence-corrected chi connectivity index (χ1v) is 11.5. The van der Waals surface area contributed by atoms with E-state index in [-0.39, 0.29) is 12.5 Å². The summed E-state index contributed by atoms with van der Waals surface area (Å²) in [7, 11) is 0. The number of hydrogen-bond donors (Lipinski definition) is 1. The number of halogens is 2. The van der Waals surface area contributed by atoms with Gasteiger partial charge in [-0.05, 0) is 59.6 Å². The quantitative estimate of drug-likeness (QED) is 0.520. The van der Waals surface area contributed by atoms with Crippen molar-refractivity contribution in [3.05, 3.63) is 51.0 Å². The highest BCUT2D eigenvalue weighted by molar-refractivity contribution is 9.10. The molecular formula is C22H24BrClN2O4S. The Morgan fingerprint density at radius 2 is 2.03 bits per heavy atom. The minimum atomic E-state index is -0.298. The molecule has 0 atom stereocenters. The third-order valence-corrected chi connectivity index (χ3v) is 6.24. The largest absolute Gasteiger partial charge is 0.490 e. The van der Waals surface area contributed by atoms with Gasteiger partial charge in [0.2, 0.25) is 0 Å². The topological polar surface area (TPSA) is 60.0 Å². The lowest BCUT2D eigenvalue weighted by Gasteiger charge is -2.29. The Labute approximate surface area is 200 Å². The van der Waals surface area contributed by atoms with Crippen LogP contribution in [0.15, 0.2) is 34.8 Å². The molecule has 0 unspecified atom stereocenters. The summed E-state index contributed by atoms with van der Waals surface area (Å²) in [5.41, 5.74) is 2.30. The summed E-state index contributed by atoms with van der Waals surface area (Å²) < 4.78 is 17.6. The smallest absolute Gasteiger partial charge is 0.262 e. The average Bonchev–Trinajstić information content (AvgIpc) is 2.76. The van der Waals surface area contributed by atoms with E-state index in [1.54, 1.807) is 18.2 Å². The van der Waals surface area contributed by atoms with Crippen LogP contribution >= 0.6 is 39.7 Å². The number of carbonyl (C=O) groups is 1. The van der Waals surface area contributed by atoms with E-state index >= 15 is 0 Å². The Bertz CT molecular complexity index is 967. The summed E-state index contributed by atoms with van der Waals surface area (Å²) in [6, 6.07) is 9.08. The predicted octanol–water partition coefficient (Wildman–Crippen LogP) is 4.83. The van der Waals surface area contributed by atoms with Crippen LogP contribution in [0.25, 0.3) is 0 Å². The molecule has 0 aliphatic carbocycles. The SMILES string of the molecule is CCOc1cc(C(=S)N2CCOCC2)cc(Br)c1OCC(=O)Nc1cccc(Cl)c1C. The van der Waals surface area contributed by atoms with Gasteiger partial charge < -0.3 is 24.4 Å². The number of benzene rings is 2. The van der Waals surface area contributed by atoms with Crippen molar-refractivity contribution < 1.29 is 19.0 Å². The monoisotopic (exact) mass is 526 g/mol. The molecule has 1 saturated heterocycles. The summed E-state index contributed by atoms with van der Waals surface area (Å²) in [4.78, 5) is 15.3. The molecule has 1 amide bonds. The number of amides is 1. The van der Waals surface area contributed by atoms with Crippen molar-refractivity contribution in [1.82, 2.24) is 4.90 Å². The third kappa shape index (κ3) is 6.10. The van der Waals surface area contributed by atoms with E-state index in [0.29, 0.717) is 46.5 Å². The molecule has 0 spiro atoms. The lowest BCUT2D eigenvalue weighted by molar-refractivity contribution is -0.118. The summed E-state index contributed by atoms with van der Waals surface area (Å²) in [6.07, 6.45) is 0. The molecule has 0 radical (unpaired) electrons. The van der Waals surface area contributed by atoms with Gasteiger partial charge in [-0.25, -0.2) is 0 Å². The fourth-order valence-corrected chi connectivity index (χ4v) is 4.14. The number of hydrogen-bond acceptors (Lipinski definition) is 5. The van der Waals surface area contributed by atoms with Crippen molar-refractivity contribution in [2.45, 2.75) is 13.8 Å². The first-order valence-electron chi connectivity index (χ1n) is 9.91. The minimum absolute atomic E-state index is 0.183. The number of ether oxygens (including phenoxy) is 3.